The Morgan fingerprint density at radius 2 is 1.79 bits per heavy atom. The van der Waals surface area contributed by atoms with Gasteiger partial charge in [-0.25, -0.2) is 4.98 Å². The van der Waals surface area contributed by atoms with Crippen molar-refractivity contribution < 1.29 is 9.00 Å². The zero-order chi connectivity index (χ0) is 16.9. The molecule has 0 aliphatic carbocycles. The third-order valence-electron chi connectivity index (χ3n) is 3.41. The fraction of sp³-hybridized carbons (Fsp3) is 0.118. The number of carbonyl (C=O) groups is 1. The smallest absolute Gasteiger partial charge is 0.287 e. The maximum absolute atomic E-state index is 12.1. The highest BCUT2D eigenvalue weighted by Crippen LogP contribution is 2.06. The molecule has 0 aliphatic heterocycles. The summed E-state index contributed by atoms with van der Waals surface area (Å²) in [6.45, 7) is 0.219. The van der Waals surface area contributed by atoms with Crippen LogP contribution in [-0.4, -0.2) is 32.4 Å². The summed E-state index contributed by atoms with van der Waals surface area (Å²) in [4.78, 5) is 31.4. The van der Waals surface area contributed by atoms with Crippen LogP contribution in [0.15, 0.2) is 64.3 Å². The highest BCUT2D eigenvalue weighted by atomic mass is 32.2. The van der Waals surface area contributed by atoms with Crippen molar-refractivity contribution >= 4 is 27.6 Å². The summed E-state index contributed by atoms with van der Waals surface area (Å²) >= 11 is 0. The van der Waals surface area contributed by atoms with E-state index >= 15 is 0 Å². The molecule has 24 heavy (non-hydrogen) atoms. The number of rotatable bonds is 5. The van der Waals surface area contributed by atoms with Crippen molar-refractivity contribution in [1.82, 2.24) is 15.3 Å². The molecular formula is C17H15N3O3S. The van der Waals surface area contributed by atoms with Crippen LogP contribution in [0.1, 0.15) is 10.6 Å². The number of H-pyrrole nitrogens is 1. The number of nitrogens with one attached hydrogen (secondary N) is 2. The van der Waals surface area contributed by atoms with Crippen molar-refractivity contribution in [2.24, 2.45) is 0 Å². The molecule has 1 atom stereocenters. The Kier molecular flexibility index (Phi) is 4.81. The van der Waals surface area contributed by atoms with Gasteiger partial charge >= 0.3 is 0 Å². The van der Waals surface area contributed by atoms with E-state index in [1.165, 1.54) is 0 Å². The van der Waals surface area contributed by atoms with Gasteiger partial charge in [0.05, 0.1) is 21.7 Å². The van der Waals surface area contributed by atoms with Gasteiger partial charge in [0.25, 0.3) is 11.5 Å². The highest BCUT2D eigenvalue weighted by Gasteiger charge is 2.11. The number of aromatic nitrogens is 2. The lowest BCUT2D eigenvalue weighted by Crippen LogP contribution is -2.30. The zero-order valence-corrected chi connectivity index (χ0v) is 13.5. The van der Waals surface area contributed by atoms with Crippen LogP contribution in [0.25, 0.3) is 10.9 Å². The second kappa shape index (κ2) is 7.18. The molecule has 1 heterocycles. The molecule has 122 valence electrons. The molecule has 0 aliphatic rings. The van der Waals surface area contributed by atoms with E-state index in [2.05, 4.69) is 15.3 Å². The summed E-state index contributed by atoms with van der Waals surface area (Å²) < 4.78 is 12.1. The zero-order valence-electron chi connectivity index (χ0n) is 12.7. The number of nitrogens with zero attached hydrogens (tertiary/aromatic N) is 1. The first-order chi connectivity index (χ1) is 11.6. The summed E-state index contributed by atoms with van der Waals surface area (Å²) in [6, 6.07) is 15.8. The van der Waals surface area contributed by atoms with E-state index in [0.29, 0.717) is 15.8 Å². The fourth-order valence-electron chi connectivity index (χ4n) is 2.23. The van der Waals surface area contributed by atoms with E-state index in [1.807, 2.05) is 18.2 Å². The topological polar surface area (TPSA) is 91.9 Å². The lowest BCUT2D eigenvalue weighted by Gasteiger charge is -2.06. The molecule has 1 amide bonds. The molecule has 0 spiro atoms. The number of benzene rings is 2. The SMILES string of the molecule is O=C(NCC[S@@](=O)c1ccccc1)c1nc2ccccc2c(=O)[nH]1. The Bertz CT molecular complexity index is 954. The van der Waals surface area contributed by atoms with Crippen LogP contribution in [0.2, 0.25) is 0 Å². The van der Waals surface area contributed by atoms with Crippen LogP contribution >= 0.6 is 0 Å². The molecule has 0 radical (unpaired) electrons. The Hall–Kier alpha value is -2.80. The molecular weight excluding hydrogens is 326 g/mol. The lowest BCUT2D eigenvalue weighted by atomic mass is 10.2. The van der Waals surface area contributed by atoms with Gasteiger partial charge < -0.3 is 10.3 Å². The predicted molar refractivity (Wildman–Crippen MR) is 92.4 cm³/mol. The Morgan fingerprint density at radius 3 is 2.58 bits per heavy atom. The molecule has 0 saturated heterocycles. The van der Waals surface area contributed by atoms with Crippen LogP contribution in [0, 0.1) is 0 Å². The molecule has 0 fully saturated rings. The number of para-hydroxylation sites is 1. The molecule has 3 rings (SSSR count). The summed E-state index contributed by atoms with van der Waals surface area (Å²) in [5, 5.41) is 3.06. The second-order valence-electron chi connectivity index (χ2n) is 5.05. The largest absolute Gasteiger partial charge is 0.348 e. The molecule has 6 nitrogen and oxygen atoms in total. The number of aromatic amines is 1. The van der Waals surface area contributed by atoms with Crippen molar-refractivity contribution in [1.29, 1.82) is 0 Å². The molecule has 3 aromatic rings. The average molecular weight is 341 g/mol. The fourth-order valence-corrected chi connectivity index (χ4v) is 3.21. The van der Waals surface area contributed by atoms with Crippen LogP contribution in [0.4, 0.5) is 0 Å². The van der Waals surface area contributed by atoms with Crippen molar-refractivity contribution in [3.05, 3.63) is 70.8 Å². The molecule has 7 heteroatoms. The van der Waals surface area contributed by atoms with Crippen molar-refractivity contribution in [3.63, 3.8) is 0 Å². The van der Waals surface area contributed by atoms with E-state index in [0.717, 1.165) is 0 Å². The monoisotopic (exact) mass is 341 g/mol. The minimum absolute atomic E-state index is 0.0517. The molecule has 2 N–H and O–H groups in total. The number of hydrogen-bond acceptors (Lipinski definition) is 4. The third kappa shape index (κ3) is 3.57. The Labute approximate surface area is 140 Å². The average Bonchev–Trinajstić information content (AvgIpc) is 2.62. The number of carbonyl (C=O) groups excluding carboxylic acids is 1. The first kappa shape index (κ1) is 16.1. The number of fused-ring (bicyclic) bond motifs is 1. The third-order valence-corrected chi connectivity index (χ3v) is 4.78. The van der Waals surface area contributed by atoms with Gasteiger partial charge in [-0.2, -0.15) is 0 Å². The first-order valence-corrected chi connectivity index (χ1v) is 8.68. The van der Waals surface area contributed by atoms with Crippen LogP contribution in [-0.2, 0) is 10.8 Å². The number of hydrogen-bond donors (Lipinski definition) is 2. The summed E-state index contributed by atoms with van der Waals surface area (Å²) in [6.07, 6.45) is 0. The van der Waals surface area contributed by atoms with Crippen molar-refractivity contribution in [3.8, 4) is 0 Å². The van der Waals surface area contributed by atoms with Crippen LogP contribution in [0.3, 0.4) is 0 Å². The molecule has 2 aromatic carbocycles. The standard InChI is InChI=1S/C17H15N3O3S/c21-16-13-8-4-5-9-14(13)19-15(20-16)17(22)18-10-11-24(23)12-6-2-1-3-7-12/h1-9H,10-11H2,(H,18,22)(H,19,20,21)/t24-/m1/s1. The Morgan fingerprint density at radius 1 is 1.08 bits per heavy atom. The second-order valence-corrected chi connectivity index (χ2v) is 6.62. The predicted octanol–water partition coefficient (Wildman–Crippen LogP) is 1.46. The highest BCUT2D eigenvalue weighted by molar-refractivity contribution is 7.85. The molecule has 0 unspecified atom stereocenters. The van der Waals surface area contributed by atoms with E-state index in [9.17, 15) is 13.8 Å². The van der Waals surface area contributed by atoms with Gasteiger partial charge in [-0.1, -0.05) is 30.3 Å². The van der Waals surface area contributed by atoms with Crippen molar-refractivity contribution in [2.75, 3.05) is 12.3 Å². The summed E-state index contributed by atoms with van der Waals surface area (Å²) in [5.74, 6) is -0.264. The minimum Gasteiger partial charge on any atom is -0.348 e. The van der Waals surface area contributed by atoms with Gasteiger partial charge in [-0.05, 0) is 24.3 Å². The van der Waals surface area contributed by atoms with Crippen LogP contribution < -0.4 is 10.9 Å². The van der Waals surface area contributed by atoms with E-state index in [1.54, 1.807) is 36.4 Å². The van der Waals surface area contributed by atoms with Crippen molar-refractivity contribution in [2.45, 2.75) is 4.90 Å². The van der Waals surface area contributed by atoms with E-state index < -0.39 is 16.7 Å². The summed E-state index contributed by atoms with van der Waals surface area (Å²) in [7, 11) is -1.19. The van der Waals surface area contributed by atoms with E-state index in [4.69, 9.17) is 0 Å². The first-order valence-electron chi connectivity index (χ1n) is 7.36. The Balaban J connectivity index is 1.65. The maximum atomic E-state index is 12.1. The lowest BCUT2D eigenvalue weighted by molar-refractivity contribution is 0.0946. The summed E-state index contributed by atoms with van der Waals surface area (Å²) in [5.41, 5.74) is 0.0953. The van der Waals surface area contributed by atoms with Gasteiger partial charge in [0.1, 0.15) is 0 Å². The van der Waals surface area contributed by atoms with Gasteiger partial charge in [0.15, 0.2) is 5.82 Å². The van der Waals surface area contributed by atoms with Gasteiger partial charge in [-0.3, -0.25) is 13.8 Å². The van der Waals surface area contributed by atoms with Gasteiger partial charge in [0.2, 0.25) is 0 Å². The van der Waals surface area contributed by atoms with Crippen LogP contribution in [0.5, 0.6) is 0 Å². The molecule has 0 bridgehead atoms. The maximum Gasteiger partial charge on any atom is 0.287 e. The van der Waals surface area contributed by atoms with E-state index in [-0.39, 0.29) is 23.7 Å². The molecule has 0 saturated carbocycles. The van der Waals surface area contributed by atoms with Gasteiger partial charge in [0, 0.05) is 17.2 Å². The number of amides is 1. The molecule has 1 aromatic heterocycles. The quantitative estimate of drug-likeness (QED) is 0.735. The normalized spacial score (nSPS) is 12.0. The van der Waals surface area contributed by atoms with Gasteiger partial charge in [-0.15, -0.1) is 0 Å². The minimum atomic E-state index is -1.19.